The normalized spacial score (nSPS) is 11.7. The lowest BCUT2D eigenvalue weighted by Gasteiger charge is -2.10. The highest BCUT2D eigenvalue weighted by Gasteiger charge is 2.12. The van der Waals surface area contributed by atoms with E-state index in [9.17, 15) is 4.79 Å². The Morgan fingerprint density at radius 3 is 2.85 bits per heavy atom. The Bertz CT molecular complexity index is 589. The maximum atomic E-state index is 10.4. The fourth-order valence-corrected chi connectivity index (χ4v) is 1.46. The van der Waals surface area contributed by atoms with Gasteiger partial charge in [-0.3, -0.25) is 0 Å². The van der Waals surface area contributed by atoms with E-state index in [4.69, 9.17) is 26.5 Å². The maximum absolute atomic E-state index is 10.4. The lowest BCUT2D eigenvalue weighted by molar-refractivity contribution is 0.136. The van der Waals surface area contributed by atoms with E-state index in [1.807, 2.05) is 0 Å². The van der Waals surface area contributed by atoms with Crippen molar-refractivity contribution in [1.29, 1.82) is 0 Å². The van der Waals surface area contributed by atoms with Crippen LogP contribution in [0.1, 0.15) is 0 Å². The van der Waals surface area contributed by atoms with Gasteiger partial charge in [0.15, 0.2) is 5.58 Å². The second-order valence-electron chi connectivity index (χ2n) is 3.94. The third-order valence-corrected chi connectivity index (χ3v) is 2.33. The molecule has 0 saturated heterocycles. The molecule has 1 heterocycles. The van der Waals surface area contributed by atoms with Crippen molar-refractivity contribution in [2.24, 2.45) is 11.5 Å². The molecule has 2 aromatic rings. The minimum absolute atomic E-state index is 0. The highest BCUT2D eigenvalue weighted by Crippen LogP contribution is 2.26. The molecule has 0 aliphatic rings. The molecule has 6 N–H and O–H groups in total. The molecular weight excluding hydrogens is 288 g/mol. The number of benzene rings is 1. The molecule has 1 unspecified atom stereocenters. The molecule has 1 aromatic heterocycles. The third kappa shape index (κ3) is 3.90. The Balaban J connectivity index is 0.00000200. The number of primary amides is 1. The Labute approximate surface area is 120 Å². The maximum Gasteiger partial charge on any atom is 0.404 e. The molecule has 0 aliphatic heterocycles. The van der Waals surface area contributed by atoms with Crippen molar-refractivity contribution in [2.75, 3.05) is 18.9 Å². The quantitative estimate of drug-likeness (QED) is 0.688. The predicted octanol–water partition coefficient (Wildman–Crippen LogP) is 0.633. The van der Waals surface area contributed by atoms with E-state index >= 15 is 0 Å². The van der Waals surface area contributed by atoms with Gasteiger partial charge in [-0.15, -0.1) is 12.4 Å². The average Bonchev–Trinajstić information content (AvgIpc) is 2.76. The molecule has 20 heavy (non-hydrogen) atoms. The van der Waals surface area contributed by atoms with Crippen LogP contribution in [-0.4, -0.2) is 30.5 Å². The summed E-state index contributed by atoms with van der Waals surface area (Å²) < 4.78 is 15.0. The van der Waals surface area contributed by atoms with Crippen molar-refractivity contribution in [3.63, 3.8) is 0 Å². The number of carbonyl (C=O) groups is 1. The second-order valence-corrected chi connectivity index (χ2v) is 3.94. The van der Waals surface area contributed by atoms with Crippen molar-refractivity contribution in [2.45, 2.75) is 6.04 Å². The molecule has 0 aliphatic carbocycles. The summed E-state index contributed by atoms with van der Waals surface area (Å²) in [6.07, 6.45) is -0.880. The van der Waals surface area contributed by atoms with Gasteiger partial charge in [0, 0.05) is 5.69 Å². The highest BCUT2D eigenvalue weighted by atomic mass is 35.5. The van der Waals surface area contributed by atoms with Gasteiger partial charge in [-0.25, -0.2) is 4.79 Å². The van der Waals surface area contributed by atoms with Crippen LogP contribution in [0.5, 0.6) is 5.88 Å². The first-order chi connectivity index (χ1) is 9.06. The summed E-state index contributed by atoms with van der Waals surface area (Å²) in [4.78, 5) is 10.4. The molecule has 0 radical (unpaired) electrons. The first-order valence-electron chi connectivity index (χ1n) is 5.52. The van der Waals surface area contributed by atoms with Crippen LogP contribution in [0.4, 0.5) is 10.5 Å². The Kier molecular flexibility index (Phi) is 5.42. The molecule has 0 fully saturated rings. The van der Waals surface area contributed by atoms with Crippen LogP contribution in [0, 0.1) is 0 Å². The van der Waals surface area contributed by atoms with Crippen LogP contribution in [0.15, 0.2) is 22.7 Å². The average molecular weight is 303 g/mol. The second kappa shape index (κ2) is 6.83. The number of aromatic nitrogens is 1. The number of amides is 1. The fraction of sp³-hybridized carbons (Fsp3) is 0.273. The Morgan fingerprint density at radius 2 is 2.15 bits per heavy atom. The van der Waals surface area contributed by atoms with Gasteiger partial charge in [0.05, 0.1) is 11.4 Å². The largest absolute Gasteiger partial charge is 0.473 e. The molecule has 1 amide bonds. The number of hydrogen-bond donors (Lipinski definition) is 3. The molecule has 0 spiro atoms. The summed E-state index contributed by atoms with van der Waals surface area (Å²) in [5.41, 5.74) is 17.3. The molecule has 110 valence electrons. The standard InChI is InChI=1S/C11H14N4O4.ClH/c12-6-1-2-9-8(3-6)10(15-19-9)17-4-7(13)5-18-11(14)16;/h1-3,7H,4-5,12-13H2,(H2,14,16);1H. The van der Waals surface area contributed by atoms with Crippen molar-refractivity contribution in [1.82, 2.24) is 5.16 Å². The highest BCUT2D eigenvalue weighted by molar-refractivity contribution is 5.85. The first-order valence-corrected chi connectivity index (χ1v) is 5.52. The summed E-state index contributed by atoms with van der Waals surface area (Å²) >= 11 is 0. The van der Waals surface area contributed by atoms with Crippen molar-refractivity contribution in [3.8, 4) is 5.88 Å². The van der Waals surface area contributed by atoms with Crippen molar-refractivity contribution >= 4 is 35.2 Å². The third-order valence-electron chi connectivity index (χ3n) is 2.33. The van der Waals surface area contributed by atoms with Gasteiger partial charge in [-0.2, -0.15) is 0 Å². The van der Waals surface area contributed by atoms with Gasteiger partial charge < -0.3 is 31.2 Å². The lowest BCUT2D eigenvalue weighted by Crippen LogP contribution is -2.34. The molecule has 0 bridgehead atoms. The van der Waals surface area contributed by atoms with Gasteiger partial charge in [-0.1, -0.05) is 0 Å². The van der Waals surface area contributed by atoms with E-state index in [0.29, 0.717) is 16.7 Å². The van der Waals surface area contributed by atoms with E-state index in [-0.39, 0.29) is 31.5 Å². The molecular formula is C11H15ClN4O4. The number of ether oxygens (including phenoxy) is 2. The number of hydrogen-bond acceptors (Lipinski definition) is 7. The zero-order chi connectivity index (χ0) is 13.8. The number of anilines is 1. The number of halogens is 1. The van der Waals surface area contributed by atoms with Gasteiger partial charge in [0.25, 0.3) is 5.88 Å². The first kappa shape index (κ1) is 15.9. The molecule has 8 nitrogen and oxygen atoms in total. The molecule has 9 heteroatoms. The van der Waals surface area contributed by atoms with Crippen LogP contribution in [0.2, 0.25) is 0 Å². The number of carbonyl (C=O) groups excluding carboxylic acids is 1. The molecule has 1 aromatic carbocycles. The van der Waals surface area contributed by atoms with Crippen molar-refractivity contribution < 1.29 is 18.8 Å². The fourth-order valence-electron chi connectivity index (χ4n) is 1.46. The zero-order valence-electron chi connectivity index (χ0n) is 10.4. The monoisotopic (exact) mass is 302 g/mol. The molecule has 0 saturated carbocycles. The minimum atomic E-state index is -0.880. The van der Waals surface area contributed by atoms with Gasteiger partial charge in [0.2, 0.25) is 0 Å². The van der Waals surface area contributed by atoms with Crippen LogP contribution in [0.3, 0.4) is 0 Å². The van der Waals surface area contributed by atoms with Crippen LogP contribution < -0.4 is 21.9 Å². The number of fused-ring (bicyclic) bond motifs is 1. The Hall–Kier alpha value is -2.19. The van der Waals surface area contributed by atoms with Gasteiger partial charge in [-0.05, 0) is 23.4 Å². The minimum Gasteiger partial charge on any atom is -0.473 e. The van der Waals surface area contributed by atoms with Crippen LogP contribution in [0.25, 0.3) is 11.0 Å². The van der Waals surface area contributed by atoms with E-state index in [0.717, 1.165) is 0 Å². The van der Waals surface area contributed by atoms with Crippen LogP contribution >= 0.6 is 12.4 Å². The topological polar surface area (TPSA) is 140 Å². The Morgan fingerprint density at radius 1 is 1.40 bits per heavy atom. The SMILES string of the molecule is Cl.NC(=O)OCC(N)COc1noc2ccc(N)cc12. The number of rotatable bonds is 5. The summed E-state index contributed by atoms with van der Waals surface area (Å²) in [6, 6.07) is 4.57. The summed E-state index contributed by atoms with van der Waals surface area (Å²) in [6.45, 7) is 0.0664. The summed E-state index contributed by atoms with van der Waals surface area (Å²) in [7, 11) is 0. The van der Waals surface area contributed by atoms with Crippen LogP contribution in [-0.2, 0) is 4.74 Å². The van der Waals surface area contributed by atoms with Gasteiger partial charge in [0.1, 0.15) is 13.2 Å². The van der Waals surface area contributed by atoms with Crippen molar-refractivity contribution in [3.05, 3.63) is 18.2 Å². The summed E-state index contributed by atoms with van der Waals surface area (Å²) in [5.74, 6) is 0.289. The van der Waals surface area contributed by atoms with Gasteiger partial charge >= 0.3 is 6.09 Å². The summed E-state index contributed by atoms with van der Waals surface area (Å²) in [5, 5.41) is 4.42. The smallest absolute Gasteiger partial charge is 0.404 e. The lowest BCUT2D eigenvalue weighted by atomic mass is 10.2. The van der Waals surface area contributed by atoms with E-state index < -0.39 is 12.1 Å². The van der Waals surface area contributed by atoms with E-state index in [1.165, 1.54) is 0 Å². The molecule has 2 rings (SSSR count). The van der Waals surface area contributed by atoms with E-state index in [2.05, 4.69) is 9.89 Å². The molecule has 1 atom stereocenters. The van der Waals surface area contributed by atoms with E-state index in [1.54, 1.807) is 18.2 Å². The number of nitrogen functional groups attached to an aromatic ring is 1. The zero-order valence-corrected chi connectivity index (χ0v) is 11.3. The number of nitrogens with zero attached hydrogens (tertiary/aromatic N) is 1. The number of nitrogens with two attached hydrogens (primary N) is 3. The predicted molar refractivity (Wildman–Crippen MR) is 74.7 cm³/mol.